The number of ether oxygens (including phenoxy) is 2. The maximum absolute atomic E-state index is 13.3. The Morgan fingerprint density at radius 3 is 2.79 bits per heavy atom. The van der Waals surface area contributed by atoms with Gasteiger partial charge in [0.05, 0.1) is 22.6 Å². The largest absolute Gasteiger partial charge is 0.507 e. The zero-order valence-electron chi connectivity index (χ0n) is 18.0. The summed E-state index contributed by atoms with van der Waals surface area (Å²) in [7, 11) is 0. The normalized spacial score (nSPS) is 18.7. The van der Waals surface area contributed by atoms with Gasteiger partial charge in [-0.15, -0.1) is 0 Å². The number of nitrogens with one attached hydrogen (secondary N) is 1. The number of benzene rings is 2. The Kier molecular flexibility index (Phi) is 4.38. The summed E-state index contributed by atoms with van der Waals surface area (Å²) in [6.07, 6.45) is 3.15. The van der Waals surface area contributed by atoms with Crippen LogP contribution in [0.15, 0.2) is 66.5 Å². The number of aliphatic hydroxyl groups is 1. The summed E-state index contributed by atoms with van der Waals surface area (Å²) in [6, 6.07) is 13.0. The number of ketones is 1. The number of fused-ring (bicyclic) bond motifs is 2. The number of carbonyl (C=O) groups excluding carboxylic acids is 2. The monoisotopic (exact) mass is 454 g/mol. The van der Waals surface area contributed by atoms with E-state index in [1.165, 1.54) is 4.90 Å². The van der Waals surface area contributed by atoms with Gasteiger partial charge >= 0.3 is 5.91 Å². The molecule has 1 unspecified atom stereocenters. The summed E-state index contributed by atoms with van der Waals surface area (Å²) in [5.41, 5.74) is 3.24. The zero-order valence-corrected chi connectivity index (χ0v) is 18.0. The molecule has 2 aliphatic heterocycles. The number of hydrogen-bond acceptors (Lipinski definition) is 7. The smallest absolute Gasteiger partial charge is 0.302 e. The Morgan fingerprint density at radius 1 is 1.12 bits per heavy atom. The molecule has 6 rings (SSSR count). The molecule has 1 fully saturated rings. The van der Waals surface area contributed by atoms with E-state index in [1.807, 2.05) is 25.1 Å². The van der Waals surface area contributed by atoms with Crippen LogP contribution in [0.2, 0.25) is 0 Å². The fourth-order valence-corrected chi connectivity index (χ4v) is 4.33. The number of aliphatic hydroxyl groups excluding tert-OH is 1. The van der Waals surface area contributed by atoms with Crippen LogP contribution in [-0.2, 0) is 9.59 Å². The third-order valence-electron chi connectivity index (χ3n) is 5.94. The molecule has 0 bridgehead atoms. The van der Waals surface area contributed by atoms with Gasteiger partial charge in [0.25, 0.3) is 5.78 Å². The number of aromatic amines is 1. The quantitative estimate of drug-likeness (QED) is 0.276. The summed E-state index contributed by atoms with van der Waals surface area (Å²) in [6.45, 7) is 2.03. The van der Waals surface area contributed by atoms with Crippen molar-refractivity contribution in [1.82, 2.24) is 15.0 Å². The number of carbonyl (C=O) groups is 2. The van der Waals surface area contributed by atoms with Crippen molar-refractivity contribution in [3.8, 4) is 11.5 Å². The highest BCUT2D eigenvalue weighted by Crippen LogP contribution is 2.42. The van der Waals surface area contributed by atoms with E-state index in [9.17, 15) is 14.7 Å². The molecule has 2 N–H and O–H groups in total. The molecule has 0 aliphatic carbocycles. The zero-order chi connectivity index (χ0) is 23.4. The number of imidazole rings is 1. The lowest BCUT2D eigenvalue weighted by Crippen LogP contribution is -2.30. The van der Waals surface area contributed by atoms with Gasteiger partial charge in [0.1, 0.15) is 5.76 Å². The third kappa shape index (κ3) is 3.01. The minimum atomic E-state index is -0.930. The number of anilines is 1. The second-order valence-electron chi connectivity index (χ2n) is 8.10. The molecule has 9 heteroatoms. The Hall–Kier alpha value is -4.66. The number of nitrogens with zero attached hydrogens (tertiary/aromatic N) is 3. The van der Waals surface area contributed by atoms with Gasteiger partial charge in [-0.25, -0.2) is 4.98 Å². The van der Waals surface area contributed by atoms with Crippen molar-refractivity contribution in [2.24, 2.45) is 0 Å². The van der Waals surface area contributed by atoms with Gasteiger partial charge in [0.2, 0.25) is 12.7 Å². The average Bonchev–Trinajstić information content (AvgIpc) is 3.55. The molecular weight excluding hydrogens is 436 g/mol. The second-order valence-corrected chi connectivity index (χ2v) is 8.10. The molecule has 0 radical (unpaired) electrons. The first-order valence-corrected chi connectivity index (χ1v) is 10.6. The maximum atomic E-state index is 13.3. The molecule has 0 saturated carbocycles. The summed E-state index contributed by atoms with van der Waals surface area (Å²) >= 11 is 0. The highest BCUT2D eigenvalue weighted by atomic mass is 16.7. The lowest BCUT2D eigenvalue weighted by atomic mass is 9.96. The highest BCUT2D eigenvalue weighted by molar-refractivity contribution is 6.51. The van der Waals surface area contributed by atoms with Gasteiger partial charge in [-0.2, -0.15) is 0 Å². The van der Waals surface area contributed by atoms with Crippen LogP contribution < -0.4 is 14.4 Å². The van der Waals surface area contributed by atoms with Crippen molar-refractivity contribution in [2.75, 3.05) is 11.7 Å². The number of aromatic nitrogens is 3. The predicted molar refractivity (Wildman–Crippen MR) is 122 cm³/mol. The van der Waals surface area contributed by atoms with E-state index in [0.717, 1.165) is 11.1 Å². The Labute approximate surface area is 193 Å². The van der Waals surface area contributed by atoms with Gasteiger partial charge < -0.3 is 19.6 Å². The van der Waals surface area contributed by atoms with Crippen LogP contribution in [0.5, 0.6) is 11.5 Å². The summed E-state index contributed by atoms with van der Waals surface area (Å²) in [4.78, 5) is 39.7. The molecule has 34 heavy (non-hydrogen) atoms. The van der Waals surface area contributed by atoms with Gasteiger partial charge in [-0.1, -0.05) is 12.1 Å². The van der Waals surface area contributed by atoms with Gasteiger partial charge in [-0.3, -0.25) is 19.5 Å². The van der Waals surface area contributed by atoms with Crippen molar-refractivity contribution in [2.45, 2.75) is 13.0 Å². The number of hydrogen-bond donors (Lipinski definition) is 2. The molecule has 9 nitrogen and oxygen atoms in total. The summed E-state index contributed by atoms with van der Waals surface area (Å²) in [5.74, 6) is -0.740. The molecule has 2 aliphatic rings. The maximum Gasteiger partial charge on any atom is 0.302 e. The molecule has 0 spiro atoms. The molecule has 1 saturated heterocycles. The van der Waals surface area contributed by atoms with Gasteiger partial charge in [0.15, 0.2) is 11.5 Å². The van der Waals surface area contributed by atoms with Crippen molar-refractivity contribution in [1.29, 1.82) is 0 Å². The molecule has 4 aromatic rings. The summed E-state index contributed by atoms with van der Waals surface area (Å²) in [5, 5.41) is 11.2. The van der Waals surface area contributed by atoms with Crippen LogP contribution in [0, 0.1) is 6.92 Å². The van der Waals surface area contributed by atoms with E-state index in [1.54, 1.807) is 42.7 Å². The van der Waals surface area contributed by atoms with Crippen LogP contribution in [0.4, 0.5) is 5.95 Å². The van der Waals surface area contributed by atoms with Crippen LogP contribution >= 0.6 is 0 Å². The van der Waals surface area contributed by atoms with E-state index in [4.69, 9.17) is 9.47 Å². The third-order valence-corrected chi connectivity index (χ3v) is 5.94. The SMILES string of the molecule is Cc1ccc2nc(N3C(=O)C(=O)/C(=C(/O)c4ccc5c(c4)OCO5)C3c3cccnc3)[nH]c2c1. The van der Waals surface area contributed by atoms with Crippen molar-refractivity contribution < 1.29 is 24.2 Å². The van der Waals surface area contributed by atoms with Gasteiger partial charge in [0, 0.05) is 18.0 Å². The molecule has 4 heterocycles. The lowest BCUT2D eigenvalue weighted by molar-refractivity contribution is -0.132. The van der Waals surface area contributed by atoms with E-state index >= 15 is 0 Å². The number of rotatable bonds is 3. The first-order valence-electron chi connectivity index (χ1n) is 10.6. The van der Waals surface area contributed by atoms with E-state index < -0.39 is 17.7 Å². The first kappa shape index (κ1) is 20.0. The number of amides is 1. The van der Waals surface area contributed by atoms with Crippen LogP contribution in [-0.4, -0.2) is 38.5 Å². The number of aryl methyl sites for hydroxylation is 1. The van der Waals surface area contributed by atoms with Crippen molar-refractivity contribution in [3.05, 3.63) is 83.2 Å². The van der Waals surface area contributed by atoms with Gasteiger partial charge in [-0.05, 0) is 54.4 Å². The molecular formula is C25H18N4O5. The predicted octanol–water partition coefficient (Wildman–Crippen LogP) is 3.62. The Bertz CT molecular complexity index is 1510. The number of H-pyrrole nitrogens is 1. The van der Waals surface area contributed by atoms with Crippen molar-refractivity contribution >= 4 is 34.4 Å². The lowest BCUT2D eigenvalue weighted by Gasteiger charge is -2.22. The Morgan fingerprint density at radius 2 is 1.97 bits per heavy atom. The first-order chi connectivity index (χ1) is 16.5. The average molecular weight is 454 g/mol. The van der Waals surface area contributed by atoms with E-state index in [2.05, 4.69) is 15.0 Å². The molecule has 2 aromatic carbocycles. The number of Topliss-reactive ketones (excluding diaryl/α,β-unsaturated/α-hetero) is 1. The molecule has 1 amide bonds. The van der Waals surface area contributed by atoms with E-state index in [-0.39, 0.29) is 24.1 Å². The molecule has 2 aromatic heterocycles. The molecule has 168 valence electrons. The minimum Gasteiger partial charge on any atom is -0.507 e. The fraction of sp³-hybridized carbons (Fsp3) is 0.120. The van der Waals surface area contributed by atoms with Crippen molar-refractivity contribution in [3.63, 3.8) is 0 Å². The second kappa shape index (κ2) is 7.45. The topological polar surface area (TPSA) is 118 Å². The molecule has 1 atom stereocenters. The van der Waals surface area contributed by atoms with Crippen LogP contribution in [0.3, 0.4) is 0 Å². The van der Waals surface area contributed by atoms with Crippen LogP contribution in [0.25, 0.3) is 16.8 Å². The number of pyridine rings is 1. The summed E-state index contributed by atoms with van der Waals surface area (Å²) < 4.78 is 10.7. The fourth-order valence-electron chi connectivity index (χ4n) is 4.33. The minimum absolute atomic E-state index is 0.0616. The van der Waals surface area contributed by atoms with Crippen LogP contribution in [0.1, 0.15) is 22.7 Å². The Balaban J connectivity index is 1.54. The standard InChI is InChI=1S/C25H18N4O5/c1-13-4-6-16-17(9-13)28-25(27-16)29-21(15-3-2-8-26-11-15)20(23(31)24(29)32)22(30)14-5-7-18-19(10-14)34-12-33-18/h2-11,21,30H,12H2,1H3,(H,27,28)/b22-20+. The van der Waals surface area contributed by atoms with E-state index in [0.29, 0.717) is 28.1 Å². The highest BCUT2D eigenvalue weighted by Gasteiger charge is 2.48.